The second-order valence-electron chi connectivity index (χ2n) is 5.59. The molecule has 1 saturated heterocycles. The summed E-state index contributed by atoms with van der Waals surface area (Å²) in [5, 5.41) is 0. The molecule has 1 aromatic carbocycles. The number of thioether (sulfide) groups is 1. The average Bonchev–Trinajstić information content (AvgIpc) is 3.09. The number of hydrogen-bond acceptors (Lipinski definition) is 4. The van der Waals surface area contributed by atoms with Crippen LogP contribution in [-0.4, -0.2) is 41.7 Å². The topological polar surface area (TPSA) is 42.4 Å². The highest BCUT2D eigenvalue weighted by Gasteiger charge is 2.28. The molecule has 1 amide bonds. The van der Waals surface area contributed by atoms with Crippen molar-refractivity contribution in [2.75, 3.05) is 26.0 Å². The second kappa shape index (κ2) is 7.51. The average molecular weight is 328 g/mol. The molecule has 0 N–H and O–H groups in total. The van der Waals surface area contributed by atoms with Crippen LogP contribution in [0.4, 0.5) is 0 Å². The number of pyridine rings is 1. The molecule has 2 aromatic rings. The first-order chi connectivity index (χ1) is 11.3. The van der Waals surface area contributed by atoms with Gasteiger partial charge < -0.3 is 9.64 Å². The van der Waals surface area contributed by atoms with Crippen molar-refractivity contribution in [2.24, 2.45) is 5.92 Å². The Morgan fingerprint density at radius 1 is 1.30 bits per heavy atom. The monoisotopic (exact) mass is 328 g/mol. The third kappa shape index (κ3) is 3.85. The number of carbonyl (C=O) groups excluding carboxylic acids is 1. The van der Waals surface area contributed by atoms with E-state index in [0.717, 1.165) is 25.3 Å². The Labute approximate surface area is 140 Å². The number of aromatic nitrogens is 1. The van der Waals surface area contributed by atoms with Crippen LogP contribution in [-0.2, 0) is 0 Å². The lowest BCUT2D eigenvalue weighted by Gasteiger charge is -2.17. The predicted octanol–water partition coefficient (Wildman–Crippen LogP) is 3.34. The molecule has 5 heteroatoms. The van der Waals surface area contributed by atoms with E-state index in [9.17, 15) is 4.79 Å². The lowest BCUT2D eigenvalue weighted by Crippen LogP contribution is -2.29. The van der Waals surface area contributed by atoms with Crippen molar-refractivity contribution >= 4 is 17.7 Å². The van der Waals surface area contributed by atoms with Gasteiger partial charge in [-0.05, 0) is 36.6 Å². The van der Waals surface area contributed by atoms with Crippen LogP contribution >= 0.6 is 11.8 Å². The number of benzene rings is 1. The molecule has 3 rings (SSSR count). The predicted molar refractivity (Wildman–Crippen MR) is 92.0 cm³/mol. The quantitative estimate of drug-likeness (QED) is 0.790. The van der Waals surface area contributed by atoms with Crippen molar-refractivity contribution in [3.05, 3.63) is 54.2 Å². The Morgan fingerprint density at radius 2 is 2.13 bits per heavy atom. The molecule has 120 valence electrons. The van der Waals surface area contributed by atoms with Gasteiger partial charge in [0.25, 0.3) is 5.91 Å². The largest absolute Gasteiger partial charge is 0.480 e. The van der Waals surface area contributed by atoms with Crippen LogP contribution in [0, 0.1) is 5.92 Å². The maximum Gasteiger partial charge on any atom is 0.259 e. The Hall–Kier alpha value is -2.01. The van der Waals surface area contributed by atoms with Gasteiger partial charge in [-0.15, -0.1) is 11.8 Å². The standard InChI is InChI=1S/C18H20N2O2S/c1-22-17-16(8-5-10-19-17)18(21)20-11-9-14(12-20)13-23-15-6-3-2-4-7-15/h2-8,10,14H,9,11-13H2,1H3/t14-/m1/s1. The van der Waals surface area contributed by atoms with Crippen molar-refractivity contribution in [3.8, 4) is 5.88 Å². The Morgan fingerprint density at radius 3 is 2.91 bits per heavy atom. The number of ether oxygens (including phenoxy) is 1. The van der Waals surface area contributed by atoms with E-state index in [-0.39, 0.29) is 5.91 Å². The SMILES string of the molecule is COc1ncccc1C(=O)N1CC[C@@H](CSc2ccccc2)C1. The van der Waals surface area contributed by atoms with Crippen LogP contribution in [0.2, 0.25) is 0 Å². The molecule has 0 saturated carbocycles. The summed E-state index contributed by atoms with van der Waals surface area (Å²) >= 11 is 1.86. The molecule has 0 radical (unpaired) electrons. The van der Waals surface area contributed by atoms with E-state index in [1.807, 2.05) is 22.7 Å². The zero-order valence-corrected chi connectivity index (χ0v) is 14.0. The van der Waals surface area contributed by atoms with Gasteiger partial charge in [0.05, 0.1) is 7.11 Å². The molecule has 1 atom stereocenters. The van der Waals surface area contributed by atoms with Crippen LogP contribution < -0.4 is 4.74 Å². The lowest BCUT2D eigenvalue weighted by atomic mass is 10.2. The highest BCUT2D eigenvalue weighted by Crippen LogP contribution is 2.27. The molecular weight excluding hydrogens is 308 g/mol. The first-order valence-electron chi connectivity index (χ1n) is 7.74. The smallest absolute Gasteiger partial charge is 0.259 e. The summed E-state index contributed by atoms with van der Waals surface area (Å²) in [6.07, 6.45) is 2.69. The summed E-state index contributed by atoms with van der Waals surface area (Å²) in [5.74, 6) is 1.99. The maximum atomic E-state index is 12.6. The van der Waals surface area contributed by atoms with Gasteiger partial charge in [0.15, 0.2) is 0 Å². The van der Waals surface area contributed by atoms with E-state index in [1.54, 1.807) is 25.4 Å². The number of nitrogens with zero attached hydrogens (tertiary/aromatic N) is 2. The molecular formula is C18H20N2O2S. The fraction of sp³-hybridized carbons (Fsp3) is 0.333. The molecule has 2 heterocycles. The van der Waals surface area contributed by atoms with Crippen LogP contribution in [0.1, 0.15) is 16.8 Å². The Balaban J connectivity index is 1.58. The molecule has 23 heavy (non-hydrogen) atoms. The first kappa shape index (κ1) is 15.9. The summed E-state index contributed by atoms with van der Waals surface area (Å²) in [4.78, 5) is 20.0. The van der Waals surface area contributed by atoms with E-state index in [4.69, 9.17) is 4.74 Å². The summed E-state index contributed by atoms with van der Waals surface area (Å²) in [7, 11) is 1.54. The van der Waals surface area contributed by atoms with E-state index in [1.165, 1.54) is 4.90 Å². The fourth-order valence-corrected chi connectivity index (χ4v) is 3.82. The number of likely N-dealkylation sites (tertiary alicyclic amines) is 1. The van der Waals surface area contributed by atoms with Gasteiger partial charge in [-0.2, -0.15) is 0 Å². The van der Waals surface area contributed by atoms with Crippen molar-refractivity contribution in [1.29, 1.82) is 0 Å². The highest BCUT2D eigenvalue weighted by atomic mass is 32.2. The number of rotatable bonds is 5. The molecule has 4 nitrogen and oxygen atoms in total. The van der Waals surface area contributed by atoms with E-state index in [2.05, 4.69) is 29.2 Å². The zero-order chi connectivity index (χ0) is 16.1. The minimum absolute atomic E-state index is 0.0159. The summed E-state index contributed by atoms with van der Waals surface area (Å²) in [6.45, 7) is 1.60. The van der Waals surface area contributed by atoms with Gasteiger partial charge in [-0.3, -0.25) is 4.79 Å². The first-order valence-corrected chi connectivity index (χ1v) is 8.72. The highest BCUT2D eigenvalue weighted by molar-refractivity contribution is 7.99. The summed E-state index contributed by atoms with van der Waals surface area (Å²) in [5.41, 5.74) is 0.548. The molecule has 0 aliphatic carbocycles. The van der Waals surface area contributed by atoms with Gasteiger partial charge in [0.2, 0.25) is 5.88 Å². The van der Waals surface area contributed by atoms with Crippen LogP contribution in [0.5, 0.6) is 5.88 Å². The molecule has 0 bridgehead atoms. The Kier molecular flexibility index (Phi) is 5.18. The number of amides is 1. The zero-order valence-electron chi connectivity index (χ0n) is 13.1. The Bertz CT molecular complexity index is 663. The van der Waals surface area contributed by atoms with E-state index in [0.29, 0.717) is 17.4 Å². The van der Waals surface area contributed by atoms with Crippen LogP contribution in [0.3, 0.4) is 0 Å². The maximum absolute atomic E-state index is 12.6. The van der Waals surface area contributed by atoms with E-state index >= 15 is 0 Å². The van der Waals surface area contributed by atoms with Crippen molar-refractivity contribution < 1.29 is 9.53 Å². The summed E-state index contributed by atoms with van der Waals surface area (Å²) in [6, 6.07) is 13.9. The minimum Gasteiger partial charge on any atom is -0.480 e. The number of carbonyl (C=O) groups is 1. The van der Waals surface area contributed by atoms with Gasteiger partial charge in [0, 0.05) is 29.9 Å². The van der Waals surface area contributed by atoms with Crippen LogP contribution in [0.25, 0.3) is 0 Å². The van der Waals surface area contributed by atoms with Crippen LogP contribution in [0.15, 0.2) is 53.6 Å². The summed E-state index contributed by atoms with van der Waals surface area (Å²) < 4.78 is 5.20. The van der Waals surface area contributed by atoms with Gasteiger partial charge in [-0.25, -0.2) is 4.98 Å². The molecule has 1 aliphatic heterocycles. The van der Waals surface area contributed by atoms with Crippen molar-refractivity contribution in [3.63, 3.8) is 0 Å². The molecule has 0 unspecified atom stereocenters. The molecule has 0 spiro atoms. The van der Waals surface area contributed by atoms with Crippen molar-refractivity contribution in [1.82, 2.24) is 9.88 Å². The lowest BCUT2D eigenvalue weighted by molar-refractivity contribution is 0.0784. The third-order valence-corrected chi connectivity index (χ3v) is 5.24. The normalized spacial score (nSPS) is 17.3. The molecule has 1 fully saturated rings. The fourth-order valence-electron chi connectivity index (χ4n) is 2.77. The number of hydrogen-bond donors (Lipinski definition) is 0. The number of methoxy groups -OCH3 is 1. The van der Waals surface area contributed by atoms with Gasteiger partial charge >= 0.3 is 0 Å². The molecule has 1 aromatic heterocycles. The second-order valence-corrected chi connectivity index (χ2v) is 6.68. The van der Waals surface area contributed by atoms with Gasteiger partial charge in [0.1, 0.15) is 5.56 Å². The minimum atomic E-state index is 0.0159. The van der Waals surface area contributed by atoms with E-state index < -0.39 is 0 Å². The van der Waals surface area contributed by atoms with Gasteiger partial charge in [-0.1, -0.05) is 18.2 Å². The molecule has 1 aliphatic rings. The van der Waals surface area contributed by atoms with Crippen molar-refractivity contribution in [2.45, 2.75) is 11.3 Å². The third-order valence-electron chi connectivity index (χ3n) is 4.00.